The number of nitrogens with zero attached hydrogens (tertiary/aromatic N) is 2. The number of hydrogen-bond acceptors (Lipinski definition) is 3. The Kier molecular flexibility index (Phi) is 4.16. The molecule has 0 amide bonds. The third kappa shape index (κ3) is 3.44. The summed E-state index contributed by atoms with van der Waals surface area (Å²) in [5.74, 6) is 0. The van der Waals surface area contributed by atoms with Gasteiger partial charge in [0.15, 0.2) is 0 Å². The Hall–Kier alpha value is -0.640. The lowest BCUT2D eigenvalue weighted by atomic mass is 10.2. The van der Waals surface area contributed by atoms with E-state index in [0.29, 0.717) is 11.2 Å². The summed E-state index contributed by atoms with van der Waals surface area (Å²) in [4.78, 5) is 6.41. The van der Waals surface area contributed by atoms with E-state index >= 15 is 0 Å². The fourth-order valence-corrected chi connectivity index (χ4v) is 2.28. The minimum atomic E-state index is 0.559. The van der Waals surface area contributed by atoms with Crippen LogP contribution in [-0.4, -0.2) is 36.1 Å². The second kappa shape index (κ2) is 5.62. The van der Waals surface area contributed by atoms with Crippen LogP contribution >= 0.6 is 11.6 Å². The molecule has 0 aliphatic carbocycles. The molecule has 0 saturated carbocycles. The van der Waals surface area contributed by atoms with E-state index in [1.165, 1.54) is 24.9 Å². The van der Waals surface area contributed by atoms with E-state index in [1.54, 1.807) is 0 Å². The van der Waals surface area contributed by atoms with Crippen LogP contribution in [0.25, 0.3) is 0 Å². The summed E-state index contributed by atoms with van der Waals surface area (Å²) in [5.41, 5.74) is 1.21. The van der Waals surface area contributed by atoms with Gasteiger partial charge in [-0.1, -0.05) is 17.7 Å². The Balaban J connectivity index is 1.81. The first-order chi connectivity index (χ1) is 7.74. The second-order valence-electron chi connectivity index (χ2n) is 4.48. The third-order valence-corrected chi connectivity index (χ3v) is 3.16. The number of aromatic nitrogens is 1. The van der Waals surface area contributed by atoms with Crippen LogP contribution in [0.2, 0.25) is 5.15 Å². The first-order valence-corrected chi connectivity index (χ1v) is 6.14. The summed E-state index contributed by atoms with van der Waals surface area (Å²) < 4.78 is 0. The zero-order chi connectivity index (χ0) is 11.4. The van der Waals surface area contributed by atoms with Gasteiger partial charge < -0.3 is 10.2 Å². The largest absolute Gasteiger partial charge is 0.313 e. The molecule has 1 aromatic rings. The van der Waals surface area contributed by atoms with Gasteiger partial charge in [-0.25, -0.2) is 4.98 Å². The van der Waals surface area contributed by atoms with Gasteiger partial charge in [0.1, 0.15) is 5.15 Å². The van der Waals surface area contributed by atoms with E-state index in [2.05, 4.69) is 22.2 Å². The quantitative estimate of drug-likeness (QED) is 0.814. The molecule has 3 nitrogen and oxygen atoms in total. The zero-order valence-electron chi connectivity index (χ0n) is 9.62. The summed E-state index contributed by atoms with van der Waals surface area (Å²) in [6.07, 6.45) is 4.45. The minimum Gasteiger partial charge on any atom is -0.313 e. The highest BCUT2D eigenvalue weighted by molar-refractivity contribution is 6.29. The maximum absolute atomic E-state index is 5.75. The van der Waals surface area contributed by atoms with Crippen LogP contribution in [0.1, 0.15) is 18.4 Å². The van der Waals surface area contributed by atoms with Crippen molar-refractivity contribution in [1.82, 2.24) is 15.2 Å². The number of hydrogen-bond donors (Lipinski definition) is 1. The van der Waals surface area contributed by atoms with E-state index < -0.39 is 0 Å². The van der Waals surface area contributed by atoms with Crippen LogP contribution in [-0.2, 0) is 6.54 Å². The molecule has 0 radical (unpaired) electrons. The number of rotatable bonds is 4. The fraction of sp³-hybridized carbons (Fsp3) is 0.583. The lowest BCUT2D eigenvalue weighted by molar-refractivity contribution is 0.293. The molecule has 1 aliphatic rings. The van der Waals surface area contributed by atoms with Crippen molar-refractivity contribution in [1.29, 1.82) is 0 Å². The molecule has 1 aromatic heterocycles. The van der Waals surface area contributed by atoms with Crippen LogP contribution in [0.3, 0.4) is 0 Å². The summed E-state index contributed by atoms with van der Waals surface area (Å²) in [7, 11) is 2.15. The highest BCUT2D eigenvalue weighted by atomic mass is 35.5. The Morgan fingerprint density at radius 1 is 1.56 bits per heavy atom. The van der Waals surface area contributed by atoms with E-state index in [9.17, 15) is 0 Å². The SMILES string of the molecule is CN(Cc1ccc(Cl)nc1)CC1CCCN1. The Bertz CT molecular complexity index is 320. The smallest absolute Gasteiger partial charge is 0.129 e. The van der Waals surface area contributed by atoms with E-state index in [0.717, 1.165) is 13.1 Å². The number of likely N-dealkylation sites (N-methyl/N-ethyl adjacent to an activating group) is 1. The molecule has 88 valence electrons. The summed E-state index contributed by atoms with van der Waals surface area (Å²) >= 11 is 5.75. The first-order valence-electron chi connectivity index (χ1n) is 5.76. The maximum Gasteiger partial charge on any atom is 0.129 e. The second-order valence-corrected chi connectivity index (χ2v) is 4.87. The molecule has 16 heavy (non-hydrogen) atoms. The van der Waals surface area contributed by atoms with Gasteiger partial charge in [0.05, 0.1) is 0 Å². The van der Waals surface area contributed by atoms with E-state index in [1.807, 2.05) is 18.3 Å². The average Bonchev–Trinajstić information content (AvgIpc) is 2.74. The molecule has 1 saturated heterocycles. The molecule has 1 atom stereocenters. The van der Waals surface area contributed by atoms with Crippen molar-refractivity contribution in [2.45, 2.75) is 25.4 Å². The van der Waals surface area contributed by atoms with Gasteiger partial charge in [0, 0.05) is 25.3 Å². The van der Waals surface area contributed by atoms with E-state index in [4.69, 9.17) is 11.6 Å². The van der Waals surface area contributed by atoms with Crippen molar-refractivity contribution >= 4 is 11.6 Å². The van der Waals surface area contributed by atoms with Crippen molar-refractivity contribution in [3.63, 3.8) is 0 Å². The lowest BCUT2D eigenvalue weighted by Crippen LogP contribution is -2.34. The van der Waals surface area contributed by atoms with Crippen molar-refractivity contribution < 1.29 is 0 Å². The van der Waals surface area contributed by atoms with Crippen molar-refractivity contribution in [3.05, 3.63) is 29.0 Å². The highest BCUT2D eigenvalue weighted by Gasteiger charge is 2.15. The van der Waals surface area contributed by atoms with Crippen molar-refractivity contribution in [3.8, 4) is 0 Å². The molecule has 2 rings (SSSR count). The Morgan fingerprint density at radius 3 is 3.06 bits per heavy atom. The van der Waals surface area contributed by atoms with Gasteiger partial charge >= 0.3 is 0 Å². The summed E-state index contributed by atoms with van der Waals surface area (Å²) in [5, 5.41) is 4.06. The molecular weight excluding hydrogens is 222 g/mol. The molecule has 1 aliphatic heterocycles. The highest BCUT2D eigenvalue weighted by Crippen LogP contribution is 2.10. The van der Waals surface area contributed by atoms with Gasteiger partial charge in [0.25, 0.3) is 0 Å². The number of halogens is 1. The Labute approximate surface area is 102 Å². The van der Waals surface area contributed by atoms with Crippen LogP contribution < -0.4 is 5.32 Å². The van der Waals surface area contributed by atoms with Crippen LogP contribution in [0.5, 0.6) is 0 Å². The van der Waals surface area contributed by atoms with Crippen LogP contribution in [0.15, 0.2) is 18.3 Å². The number of pyridine rings is 1. The minimum absolute atomic E-state index is 0.559. The Morgan fingerprint density at radius 2 is 2.44 bits per heavy atom. The fourth-order valence-electron chi connectivity index (χ4n) is 2.16. The predicted octanol–water partition coefficient (Wildman–Crippen LogP) is 1.92. The van der Waals surface area contributed by atoms with Gasteiger partial charge in [-0.3, -0.25) is 0 Å². The van der Waals surface area contributed by atoms with Crippen molar-refractivity contribution in [2.75, 3.05) is 20.1 Å². The molecule has 1 N–H and O–H groups in total. The molecule has 4 heteroatoms. The molecule has 1 fully saturated rings. The van der Waals surface area contributed by atoms with E-state index in [-0.39, 0.29) is 0 Å². The van der Waals surface area contributed by atoms with Crippen molar-refractivity contribution in [2.24, 2.45) is 0 Å². The summed E-state index contributed by atoms with van der Waals surface area (Å²) in [6, 6.07) is 4.54. The molecular formula is C12H18ClN3. The topological polar surface area (TPSA) is 28.2 Å². The molecule has 0 bridgehead atoms. The molecule has 0 aromatic carbocycles. The normalized spacial score (nSPS) is 20.6. The van der Waals surface area contributed by atoms with Crippen LogP contribution in [0, 0.1) is 0 Å². The van der Waals surface area contributed by atoms with Gasteiger partial charge in [-0.2, -0.15) is 0 Å². The molecule has 0 spiro atoms. The van der Waals surface area contributed by atoms with Crippen LogP contribution in [0.4, 0.5) is 0 Å². The summed E-state index contributed by atoms with van der Waals surface area (Å²) in [6.45, 7) is 3.20. The lowest BCUT2D eigenvalue weighted by Gasteiger charge is -2.20. The zero-order valence-corrected chi connectivity index (χ0v) is 10.4. The predicted molar refractivity (Wildman–Crippen MR) is 66.6 cm³/mol. The van der Waals surface area contributed by atoms with Gasteiger partial charge in [-0.05, 0) is 38.1 Å². The third-order valence-electron chi connectivity index (χ3n) is 2.94. The first kappa shape index (κ1) is 11.8. The van der Waals surface area contributed by atoms with Gasteiger partial charge in [-0.15, -0.1) is 0 Å². The maximum atomic E-state index is 5.75. The molecule has 1 unspecified atom stereocenters. The van der Waals surface area contributed by atoms with Gasteiger partial charge in [0.2, 0.25) is 0 Å². The molecule has 2 heterocycles. The standard InChI is InChI=1S/C12H18ClN3/c1-16(9-11-3-2-6-14-11)8-10-4-5-12(13)15-7-10/h4-5,7,11,14H,2-3,6,8-9H2,1H3. The average molecular weight is 240 g/mol. The monoisotopic (exact) mass is 239 g/mol. The number of nitrogens with one attached hydrogen (secondary N) is 1.